The number of nitrogens with zero attached hydrogens (tertiary/aromatic N) is 4. The van der Waals surface area contributed by atoms with Crippen molar-refractivity contribution in [2.45, 2.75) is 32.7 Å². The van der Waals surface area contributed by atoms with Gasteiger partial charge in [-0.25, -0.2) is 9.37 Å². The quantitative estimate of drug-likeness (QED) is 0.302. The van der Waals surface area contributed by atoms with Crippen molar-refractivity contribution < 1.29 is 9.18 Å². The minimum Gasteiger partial charge on any atom is -0.369 e. The number of hydrogen-bond acceptors (Lipinski definition) is 6. The fourth-order valence-electron chi connectivity index (χ4n) is 4.84. The summed E-state index contributed by atoms with van der Waals surface area (Å²) in [6.07, 6.45) is 3.40. The van der Waals surface area contributed by atoms with Gasteiger partial charge in [0.15, 0.2) is 0 Å². The van der Waals surface area contributed by atoms with E-state index in [1.54, 1.807) is 24.4 Å². The molecule has 37 heavy (non-hydrogen) atoms. The number of anilines is 4. The molecule has 1 aliphatic heterocycles. The molecule has 9 heteroatoms. The summed E-state index contributed by atoms with van der Waals surface area (Å²) in [5.41, 5.74) is 3.65. The number of carbonyl (C=O) groups excluding carboxylic acids is 1. The molecule has 5 rings (SSSR count). The molecule has 0 aliphatic carbocycles. The number of benzene rings is 2. The number of aromatic nitrogens is 3. The van der Waals surface area contributed by atoms with Crippen LogP contribution in [-0.2, 0) is 0 Å². The summed E-state index contributed by atoms with van der Waals surface area (Å²) in [6.45, 7) is 8.16. The summed E-state index contributed by atoms with van der Waals surface area (Å²) in [7, 11) is 0. The van der Waals surface area contributed by atoms with E-state index < -0.39 is 5.82 Å². The molecule has 192 valence electrons. The molecule has 1 saturated heterocycles. The van der Waals surface area contributed by atoms with Gasteiger partial charge in [-0.05, 0) is 61.4 Å². The van der Waals surface area contributed by atoms with Gasteiger partial charge in [-0.3, -0.25) is 4.79 Å². The molecule has 1 amide bonds. The van der Waals surface area contributed by atoms with Crippen molar-refractivity contribution in [1.82, 2.24) is 19.9 Å². The van der Waals surface area contributed by atoms with Gasteiger partial charge < -0.3 is 25.4 Å². The highest BCUT2D eigenvalue weighted by atomic mass is 19.1. The number of fused-ring (bicyclic) bond motifs is 1. The van der Waals surface area contributed by atoms with Crippen LogP contribution in [0.1, 0.15) is 43.2 Å². The van der Waals surface area contributed by atoms with Gasteiger partial charge in [-0.2, -0.15) is 4.98 Å². The first-order chi connectivity index (χ1) is 18.1. The van der Waals surface area contributed by atoms with Gasteiger partial charge in [0.1, 0.15) is 17.2 Å². The van der Waals surface area contributed by atoms with Gasteiger partial charge in [0.2, 0.25) is 5.95 Å². The molecule has 2 aromatic heterocycles. The average Bonchev–Trinajstić information content (AvgIpc) is 3.29. The Hall–Kier alpha value is -3.98. The molecule has 0 unspecified atom stereocenters. The van der Waals surface area contributed by atoms with Gasteiger partial charge in [0, 0.05) is 60.9 Å². The molecule has 0 bridgehead atoms. The monoisotopic (exact) mass is 501 g/mol. The van der Waals surface area contributed by atoms with Crippen LogP contribution in [0.2, 0.25) is 0 Å². The molecule has 3 heterocycles. The van der Waals surface area contributed by atoms with Gasteiger partial charge in [-0.1, -0.05) is 19.9 Å². The van der Waals surface area contributed by atoms with E-state index in [1.165, 1.54) is 17.8 Å². The average molecular weight is 502 g/mol. The fourth-order valence-corrected chi connectivity index (χ4v) is 4.84. The second-order valence-electron chi connectivity index (χ2n) is 9.22. The predicted octanol–water partition coefficient (Wildman–Crippen LogP) is 5.34. The van der Waals surface area contributed by atoms with E-state index in [4.69, 9.17) is 4.98 Å². The molecule has 2 aromatic carbocycles. The third kappa shape index (κ3) is 5.41. The van der Waals surface area contributed by atoms with Gasteiger partial charge >= 0.3 is 0 Å². The lowest BCUT2D eigenvalue weighted by atomic mass is 10.1. The number of piperazine rings is 1. The molecule has 1 fully saturated rings. The van der Waals surface area contributed by atoms with Crippen molar-refractivity contribution in [3.63, 3.8) is 0 Å². The molecule has 3 N–H and O–H groups in total. The number of amides is 1. The summed E-state index contributed by atoms with van der Waals surface area (Å²) in [6, 6.07) is 16.0. The van der Waals surface area contributed by atoms with Crippen molar-refractivity contribution >= 4 is 40.0 Å². The molecule has 1 aliphatic rings. The molecule has 0 spiro atoms. The number of nitrogens with one attached hydrogen (secondary N) is 3. The molecule has 8 nitrogen and oxygen atoms in total. The van der Waals surface area contributed by atoms with E-state index in [-0.39, 0.29) is 11.9 Å². The second-order valence-corrected chi connectivity index (χ2v) is 9.22. The Balaban J connectivity index is 1.43. The number of hydrogen-bond donors (Lipinski definition) is 3. The SMILES string of the molecule is CCC(CC)n1c(C(=O)Nc2cccc(F)c2)cc2cnc(Nc3ccc(N4CCNCC4)cc3)nc21. The van der Waals surface area contributed by atoms with Crippen LogP contribution in [0, 0.1) is 5.82 Å². The molecule has 0 atom stereocenters. The summed E-state index contributed by atoms with van der Waals surface area (Å²) >= 11 is 0. The van der Waals surface area contributed by atoms with Crippen LogP contribution in [0.25, 0.3) is 11.0 Å². The predicted molar refractivity (Wildman–Crippen MR) is 146 cm³/mol. The molecule has 0 saturated carbocycles. The van der Waals surface area contributed by atoms with Crippen LogP contribution in [0.5, 0.6) is 0 Å². The Bertz CT molecular complexity index is 1380. The summed E-state index contributed by atoms with van der Waals surface area (Å²) in [5.74, 6) is -0.251. The van der Waals surface area contributed by atoms with Crippen LogP contribution in [0.3, 0.4) is 0 Å². The van der Waals surface area contributed by atoms with E-state index in [0.717, 1.165) is 50.1 Å². The molecule has 0 radical (unpaired) electrons. The van der Waals surface area contributed by atoms with E-state index in [2.05, 4.69) is 51.8 Å². The molecule has 4 aromatic rings. The van der Waals surface area contributed by atoms with Crippen LogP contribution < -0.4 is 20.9 Å². The first kappa shape index (κ1) is 24.7. The maximum Gasteiger partial charge on any atom is 0.272 e. The summed E-state index contributed by atoms with van der Waals surface area (Å²) in [5, 5.41) is 10.3. The fraction of sp³-hybridized carbons (Fsp3) is 0.321. The van der Waals surface area contributed by atoms with Crippen LogP contribution in [-0.4, -0.2) is 46.6 Å². The highest BCUT2D eigenvalue weighted by molar-refractivity contribution is 6.06. The third-order valence-electron chi connectivity index (χ3n) is 6.80. The largest absolute Gasteiger partial charge is 0.369 e. The lowest BCUT2D eigenvalue weighted by Gasteiger charge is -2.29. The summed E-state index contributed by atoms with van der Waals surface area (Å²) < 4.78 is 15.6. The number of halogens is 1. The Morgan fingerprint density at radius 1 is 1.05 bits per heavy atom. The van der Waals surface area contributed by atoms with Crippen molar-refractivity contribution in [1.29, 1.82) is 0 Å². The Kier molecular flexibility index (Phi) is 7.32. The van der Waals surface area contributed by atoms with Gasteiger partial charge in [0.05, 0.1) is 0 Å². The zero-order valence-electron chi connectivity index (χ0n) is 21.2. The minimum atomic E-state index is -0.402. The zero-order valence-corrected chi connectivity index (χ0v) is 21.2. The van der Waals surface area contributed by atoms with Crippen LogP contribution >= 0.6 is 0 Å². The van der Waals surface area contributed by atoms with Gasteiger partial charge in [0.25, 0.3) is 5.91 Å². The summed E-state index contributed by atoms with van der Waals surface area (Å²) in [4.78, 5) is 24.9. The van der Waals surface area contributed by atoms with Crippen molar-refractivity contribution in [2.24, 2.45) is 0 Å². The first-order valence-electron chi connectivity index (χ1n) is 12.8. The molecular formula is C28H32FN7O. The van der Waals surface area contributed by atoms with Crippen molar-refractivity contribution in [3.8, 4) is 0 Å². The van der Waals surface area contributed by atoms with Crippen LogP contribution in [0.4, 0.5) is 27.4 Å². The maximum atomic E-state index is 13.7. The lowest BCUT2D eigenvalue weighted by Crippen LogP contribution is -2.43. The normalized spacial score (nSPS) is 13.8. The van der Waals surface area contributed by atoms with E-state index in [9.17, 15) is 9.18 Å². The van der Waals surface area contributed by atoms with Gasteiger partial charge in [-0.15, -0.1) is 0 Å². The topological polar surface area (TPSA) is 87.1 Å². The van der Waals surface area contributed by atoms with Crippen molar-refractivity contribution in [2.75, 3.05) is 41.7 Å². The zero-order chi connectivity index (χ0) is 25.8. The number of carbonyl (C=O) groups is 1. The Labute approximate surface area is 215 Å². The first-order valence-corrected chi connectivity index (χ1v) is 12.8. The minimum absolute atomic E-state index is 0.0758. The third-order valence-corrected chi connectivity index (χ3v) is 6.80. The van der Waals surface area contributed by atoms with Crippen molar-refractivity contribution in [3.05, 3.63) is 72.3 Å². The van der Waals surface area contributed by atoms with E-state index in [0.29, 0.717) is 23.0 Å². The smallest absolute Gasteiger partial charge is 0.272 e. The highest BCUT2D eigenvalue weighted by Crippen LogP contribution is 2.29. The maximum absolute atomic E-state index is 13.7. The molecular weight excluding hydrogens is 469 g/mol. The number of rotatable bonds is 8. The Morgan fingerprint density at radius 2 is 1.81 bits per heavy atom. The van der Waals surface area contributed by atoms with E-state index >= 15 is 0 Å². The highest BCUT2D eigenvalue weighted by Gasteiger charge is 2.22. The lowest BCUT2D eigenvalue weighted by molar-refractivity contribution is 0.101. The second kappa shape index (κ2) is 11.0. The standard InChI is InChI=1S/C28H32FN7O/c1-3-23(4-2)36-25(27(37)32-22-7-5-6-20(29)17-22)16-19-18-31-28(34-26(19)36)33-21-8-10-24(11-9-21)35-14-12-30-13-15-35/h5-11,16-18,23,30H,3-4,12-15H2,1-2H3,(H,32,37)(H,31,33,34). The van der Waals surface area contributed by atoms with E-state index in [1.807, 2.05) is 16.7 Å². The van der Waals surface area contributed by atoms with Crippen LogP contribution in [0.15, 0.2) is 60.8 Å². The Morgan fingerprint density at radius 3 is 2.51 bits per heavy atom.